The summed E-state index contributed by atoms with van der Waals surface area (Å²) in [6, 6.07) is 0. The number of fused-ring (bicyclic) bond motifs is 1. The Morgan fingerprint density at radius 3 is 3.08 bits per heavy atom. The number of hydrogen-bond acceptors (Lipinski definition) is 3. The summed E-state index contributed by atoms with van der Waals surface area (Å²) >= 11 is 0. The minimum Gasteiger partial charge on any atom is -0.396 e. The second kappa shape index (κ2) is 2.52. The Balaban J connectivity index is 2.44. The summed E-state index contributed by atoms with van der Waals surface area (Å²) in [6.07, 6.45) is 6.29. The van der Waals surface area contributed by atoms with Crippen molar-refractivity contribution >= 4 is 5.78 Å². The van der Waals surface area contributed by atoms with Crippen molar-refractivity contribution < 1.29 is 4.79 Å². The van der Waals surface area contributed by atoms with E-state index in [0.717, 1.165) is 24.1 Å². The number of hydrogen-bond donors (Lipinski definition) is 2. The summed E-state index contributed by atoms with van der Waals surface area (Å²) < 4.78 is 0. The van der Waals surface area contributed by atoms with Gasteiger partial charge in [0.05, 0.1) is 5.70 Å². The van der Waals surface area contributed by atoms with Gasteiger partial charge in [-0.15, -0.1) is 0 Å². The first-order valence-corrected chi connectivity index (χ1v) is 3.92. The molecule has 0 radical (unpaired) electrons. The summed E-state index contributed by atoms with van der Waals surface area (Å²) in [5, 5.41) is 3.06. The zero-order valence-corrected chi connectivity index (χ0v) is 6.63. The van der Waals surface area contributed by atoms with Crippen LogP contribution in [0.5, 0.6) is 0 Å². The summed E-state index contributed by atoms with van der Waals surface area (Å²) in [7, 11) is 0. The van der Waals surface area contributed by atoms with Crippen LogP contribution in [0.3, 0.4) is 0 Å². The fourth-order valence-corrected chi connectivity index (χ4v) is 1.43. The number of dihydropyridines is 1. The van der Waals surface area contributed by atoms with Crippen molar-refractivity contribution in [3.05, 3.63) is 35.2 Å². The van der Waals surface area contributed by atoms with Gasteiger partial charge in [0, 0.05) is 18.3 Å². The second-order valence-electron chi connectivity index (χ2n) is 2.89. The van der Waals surface area contributed by atoms with Crippen LogP contribution in [0.2, 0.25) is 0 Å². The van der Waals surface area contributed by atoms with E-state index in [1.807, 2.05) is 12.3 Å². The lowest BCUT2D eigenvalue weighted by Gasteiger charge is -2.19. The molecule has 3 N–H and O–H groups in total. The quantitative estimate of drug-likeness (QED) is 0.535. The Morgan fingerprint density at radius 1 is 1.42 bits per heavy atom. The monoisotopic (exact) mass is 162 g/mol. The molecule has 0 aromatic carbocycles. The van der Waals surface area contributed by atoms with Gasteiger partial charge >= 0.3 is 0 Å². The fourth-order valence-electron chi connectivity index (χ4n) is 1.43. The molecule has 62 valence electrons. The lowest BCUT2D eigenvalue weighted by molar-refractivity contribution is -0.112. The van der Waals surface area contributed by atoms with Gasteiger partial charge in [-0.25, -0.2) is 0 Å². The molecule has 1 aliphatic carbocycles. The highest BCUT2D eigenvalue weighted by Crippen LogP contribution is 2.24. The minimum absolute atomic E-state index is 0.0333. The van der Waals surface area contributed by atoms with E-state index in [-0.39, 0.29) is 5.78 Å². The first-order valence-electron chi connectivity index (χ1n) is 3.92. The third-order valence-electron chi connectivity index (χ3n) is 2.09. The summed E-state index contributed by atoms with van der Waals surface area (Å²) in [6.45, 7) is 0.720. The Hall–Kier alpha value is -1.51. The van der Waals surface area contributed by atoms with Crippen LogP contribution in [0.1, 0.15) is 6.42 Å². The van der Waals surface area contributed by atoms with Gasteiger partial charge in [-0.3, -0.25) is 4.79 Å². The van der Waals surface area contributed by atoms with Gasteiger partial charge in [0.2, 0.25) is 5.78 Å². The number of rotatable bonds is 0. The standard InChI is InChI=1S/C9H10N2O/c10-8-2-1-6-5-11-4-3-7(6)9(8)12/h2-3,5,11H,1,4,10H2. The molecule has 3 nitrogen and oxygen atoms in total. The smallest absolute Gasteiger partial charge is 0.208 e. The van der Waals surface area contributed by atoms with Crippen LogP contribution >= 0.6 is 0 Å². The van der Waals surface area contributed by atoms with Crippen molar-refractivity contribution in [3.8, 4) is 0 Å². The van der Waals surface area contributed by atoms with Crippen molar-refractivity contribution in [1.82, 2.24) is 5.32 Å². The normalized spacial score (nSPS) is 21.7. The van der Waals surface area contributed by atoms with Gasteiger partial charge in [-0.1, -0.05) is 12.2 Å². The molecule has 0 fully saturated rings. The number of carbonyl (C=O) groups excluding carboxylic acids is 1. The molecule has 1 heterocycles. The van der Waals surface area contributed by atoms with Crippen LogP contribution in [-0.2, 0) is 4.79 Å². The summed E-state index contributed by atoms with van der Waals surface area (Å²) in [5.41, 5.74) is 7.70. The molecule has 2 rings (SSSR count). The molecule has 0 saturated carbocycles. The van der Waals surface area contributed by atoms with E-state index in [0.29, 0.717) is 5.70 Å². The highest BCUT2D eigenvalue weighted by atomic mass is 16.1. The Labute approximate surface area is 70.6 Å². The number of carbonyl (C=O) groups is 1. The van der Waals surface area contributed by atoms with E-state index in [4.69, 9.17) is 5.73 Å². The predicted octanol–water partition coefficient (Wildman–Crippen LogP) is 0.215. The SMILES string of the molecule is NC1=CCC2=CNCC=C2C1=O. The lowest BCUT2D eigenvalue weighted by atomic mass is 9.91. The van der Waals surface area contributed by atoms with Crippen molar-refractivity contribution in [2.24, 2.45) is 5.73 Å². The molecule has 0 spiro atoms. The molecule has 0 aromatic rings. The fraction of sp³-hybridized carbons (Fsp3) is 0.222. The van der Waals surface area contributed by atoms with Crippen molar-refractivity contribution in [2.45, 2.75) is 6.42 Å². The molecular formula is C9H10N2O. The van der Waals surface area contributed by atoms with Gasteiger partial charge in [-0.05, 0) is 12.0 Å². The maximum Gasteiger partial charge on any atom is 0.208 e. The average Bonchev–Trinajstić information content (AvgIpc) is 2.12. The number of allylic oxidation sites excluding steroid dienone is 3. The zero-order chi connectivity index (χ0) is 8.55. The summed E-state index contributed by atoms with van der Waals surface area (Å²) in [4.78, 5) is 11.4. The topological polar surface area (TPSA) is 55.1 Å². The molecular weight excluding hydrogens is 152 g/mol. The van der Waals surface area contributed by atoms with E-state index in [1.54, 1.807) is 6.08 Å². The lowest BCUT2D eigenvalue weighted by Crippen LogP contribution is -2.24. The Kier molecular flexibility index (Phi) is 1.50. The van der Waals surface area contributed by atoms with Gasteiger partial charge in [-0.2, -0.15) is 0 Å². The van der Waals surface area contributed by atoms with Gasteiger partial charge in [0.25, 0.3) is 0 Å². The van der Waals surface area contributed by atoms with E-state index in [1.165, 1.54) is 0 Å². The van der Waals surface area contributed by atoms with Crippen molar-refractivity contribution in [2.75, 3.05) is 6.54 Å². The van der Waals surface area contributed by atoms with Gasteiger partial charge in [0.1, 0.15) is 0 Å². The molecule has 0 aromatic heterocycles. The molecule has 0 bridgehead atoms. The molecule has 12 heavy (non-hydrogen) atoms. The highest BCUT2D eigenvalue weighted by molar-refractivity contribution is 6.11. The third kappa shape index (κ3) is 0.942. The van der Waals surface area contributed by atoms with Crippen LogP contribution in [-0.4, -0.2) is 12.3 Å². The van der Waals surface area contributed by atoms with Crippen LogP contribution in [0.4, 0.5) is 0 Å². The highest BCUT2D eigenvalue weighted by Gasteiger charge is 2.21. The average molecular weight is 162 g/mol. The molecule has 0 saturated heterocycles. The van der Waals surface area contributed by atoms with E-state index in [9.17, 15) is 4.79 Å². The number of nitrogens with one attached hydrogen (secondary N) is 1. The maximum absolute atomic E-state index is 11.4. The number of ketones is 1. The van der Waals surface area contributed by atoms with E-state index < -0.39 is 0 Å². The molecule has 0 atom stereocenters. The van der Waals surface area contributed by atoms with Crippen LogP contribution in [0.15, 0.2) is 35.2 Å². The molecule has 3 heteroatoms. The van der Waals surface area contributed by atoms with Crippen molar-refractivity contribution in [3.63, 3.8) is 0 Å². The minimum atomic E-state index is -0.0333. The number of nitrogens with two attached hydrogens (primary N) is 1. The molecule has 2 aliphatic rings. The second-order valence-corrected chi connectivity index (χ2v) is 2.89. The first kappa shape index (κ1) is 7.16. The zero-order valence-electron chi connectivity index (χ0n) is 6.63. The largest absolute Gasteiger partial charge is 0.396 e. The molecule has 0 amide bonds. The number of Topliss-reactive ketones (excluding diaryl/α,β-unsaturated/α-hetero) is 1. The van der Waals surface area contributed by atoms with Gasteiger partial charge in [0.15, 0.2) is 0 Å². The van der Waals surface area contributed by atoms with E-state index >= 15 is 0 Å². The first-order chi connectivity index (χ1) is 5.79. The van der Waals surface area contributed by atoms with Crippen molar-refractivity contribution in [1.29, 1.82) is 0 Å². The maximum atomic E-state index is 11.4. The molecule has 1 aliphatic heterocycles. The predicted molar refractivity (Wildman–Crippen MR) is 46.1 cm³/mol. The van der Waals surface area contributed by atoms with Crippen LogP contribution in [0, 0.1) is 0 Å². The van der Waals surface area contributed by atoms with Crippen LogP contribution < -0.4 is 11.1 Å². The van der Waals surface area contributed by atoms with E-state index in [2.05, 4.69) is 5.32 Å². The Morgan fingerprint density at radius 2 is 2.25 bits per heavy atom. The third-order valence-corrected chi connectivity index (χ3v) is 2.09. The van der Waals surface area contributed by atoms with Gasteiger partial charge < -0.3 is 11.1 Å². The van der Waals surface area contributed by atoms with Crippen LogP contribution in [0.25, 0.3) is 0 Å². The Bertz CT molecular complexity index is 319. The molecule has 0 unspecified atom stereocenters. The summed E-state index contributed by atoms with van der Waals surface area (Å²) in [5.74, 6) is -0.0333.